The Labute approximate surface area is 120 Å². The first kappa shape index (κ1) is 16.1. The van der Waals surface area contributed by atoms with E-state index >= 15 is 0 Å². The summed E-state index contributed by atoms with van der Waals surface area (Å²) in [6.45, 7) is 6.53. The van der Waals surface area contributed by atoms with Crippen LogP contribution in [0.25, 0.3) is 0 Å². The predicted molar refractivity (Wildman–Crippen MR) is 78.7 cm³/mol. The molecule has 1 aromatic heterocycles. The lowest BCUT2D eigenvalue weighted by molar-refractivity contribution is 0.0943. The van der Waals surface area contributed by atoms with E-state index in [0.29, 0.717) is 12.1 Å². The zero-order valence-electron chi connectivity index (χ0n) is 12.4. The molecule has 1 rings (SSSR count). The highest BCUT2D eigenvalue weighted by Gasteiger charge is 2.11. The van der Waals surface area contributed by atoms with E-state index in [0.717, 1.165) is 19.3 Å². The first-order valence-electron chi connectivity index (χ1n) is 7.09. The van der Waals surface area contributed by atoms with Crippen molar-refractivity contribution in [2.45, 2.75) is 46.1 Å². The van der Waals surface area contributed by atoms with E-state index in [-0.39, 0.29) is 23.6 Å². The quantitative estimate of drug-likeness (QED) is 0.750. The van der Waals surface area contributed by atoms with Crippen molar-refractivity contribution < 1.29 is 9.59 Å². The SMILES string of the molecule is CCCCCNC(=O)c1cc(C(=O)NC(C)C)ccn1. The van der Waals surface area contributed by atoms with Crippen molar-refractivity contribution in [3.8, 4) is 0 Å². The molecule has 0 aliphatic carbocycles. The average Bonchev–Trinajstić information content (AvgIpc) is 2.43. The molecule has 0 unspecified atom stereocenters. The number of rotatable bonds is 7. The monoisotopic (exact) mass is 277 g/mol. The van der Waals surface area contributed by atoms with Gasteiger partial charge in [0.2, 0.25) is 0 Å². The van der Waals surface area contributed by atoms with Gasteiger partial charge in [0.1, 0.15) is 5.69 Å². The van der Waals surface area contributed by atoms with Crippen molar-refractivity contribution in [3.63, 3.8) is 0 Å². The molecule has 0 fully saturated rings. The molecule has 0 aliphatic heterocycles. The molecule has 0 aromatic carbocycles. The van der Waals surface area contributed by atoms with Gasteiger partial charge >= 0.3 is 0 Å². The molecule has 0 spiro atoms. The van der Waals surface area contributed by atoms with E-state index < -0.39 is 0 Å². The largest absolute Gasteiger partial charge is 0.351 e. The summed E-state index contributed by atoms with van der Waals surface area (Å²) in [4.78, 5) is 27.8. The van der Waals surface area contributed by atoms with E-state index in [2.05, 4.69) is 22.5 Å². The van der Waals surface area contributed by atoms with E-state index in [1.807, 2.05) is 13.8 Å². The van der Waals surface area contributed by atoms with Gasteiger partial charge in [-0.15, -0.1) is 0 Å². The maximum absolute atomic E-state index is 11.9. The number of amides is 2. The second-order valence-electron chi connectivity index (χ2n) is 5.02. The van der Waals surface area contributed by atoms with Crippen LogP contribution in [0.1, 0.15) is 60.9 Å². The summed E-state index contributed by atoms with van der Waals surface area (Å²) in [5.41, 5.74) is 0.727. The second kappa shape index (κ2) is 8.30. The lowest BCUT2D eigenvalue weighted by atomic mass is 10.2. The third-order valence-electron chi connectivity index (χ3n) is 2.74. The number of unbranched alkanes of at least 4 members (excludes halogenated alkanes) is 2. The lowest BCUT2D eigenvalue weighted by Crippen LogP contribution is -2.31. The minimum atomic E-state index is -0.236. The number of carbonyl (C=O) groups excluding carboxylic acids is 2. The van der Waals surface area contributed by atoms with Crippen molar-refractivity contribution in [2.75, 3.05) is 6.54 Å². The summed E-state index contributed by atoms with van der Waals surface area (Å²) >= 11 is 0. The van der Waals surface area contributed by atoms with Crippen LogP contribution in [0.5, 0.6) is 0 Å². The topological polar surface area (TPSA) is 71.1 Å². The van der Waals surface area contributed by atoms with Crippen LogP contribution in [-0.4, -0.2) is 29.4 Å². The third-order valence-corrected chi connectivity index (χ3v) is 2.74. The summed E-state index contributed by atoms with van der Waals surface area (Å²) in [7, 11) is 0. The first-order valence-corrected chi connectivity index (χ1v) is 7.09. The van der Waals surface area contributed by atoms with Gasteiger partial charge < -0.3 is 10.6 Å². The number of hydrogen-bond donors (Lipinski definition) is 2. The zero-order chi connectivity index (χ0) is 15.0. The third kappa shape index (κ3) is 5.38. The van der Waals surface area contributed by atoms with Crippen molar-refractivity contribution in [1.82, 2.24) is 15.6 Å². The standard InChI is InChI=1S/C15H23N3O2/c1-4-5-6-8-17-15(20)13-10-12(7-9-16-13)14(19)18-11(2)3/h7,9-11H,4-6,8H2,1-3H3,(H,17,20)(H,18,19). The van der Waals surface area contributed by atoms with Gasteiger partial charge in [-0.25, -0.2) is 0 Å². The van der Waals surface area contributed by atoms with Gasteiger partial charge in [0, 0.05) is 24.3 Å². The highest BCUT2D eigenvalue weighted by Crippen LogP contribution is 2.03. The molecule has 2 N–H and O–H groups in total. The number of nitrogens with one attached hydrogen (secondary N) is 2. The Morgan fingerprint density at radius 3 is 2.65 bits per heavy atom. The number of aromatic nitrogens is 1. The van der Waals surface area contributed by atoms with E-state index in [9.17, 15) is 9.59 Å². The Morgan fingerprint density at radius 2 is 2.00 bits per heavy atom. The zero-order valence-corrected chi connectivity index (χ0v) is 12.4. The summed E-state index contributed by atoms with van der Waals surface area (Å²) < 4.78 is 0. The van der Waals surface area contributed by atoms with E-state index in [1.165, 1.54) is 12.3 Å². The molecule has 0 aliphatic rings. The number of pyridine rings is 1. The lowest BCUT2D eigenvalue weighted by Gasteiger charge is -2.09. The summed E-state index contributed by atoms with van der Waals surface area (Å²) in [6, 6.07) is 3.18. The molecular weight excluding hydrogens is 254 g/mol. The van der Waals surface area contributed by atoms with Gasteiger partial charge in [-0.2, -0.15) is 0 Å². The van der Waals surface area contributed by atoms with Crippen LogP contribution in [0.3, 0.4) is 0 Å². The van der Waals surface area contributed by atoms with E-state index in [4.69, 9.17) is 0 Å². The van der Waals surface area contributed by atoms with Crippen LogP contribution >= 0.6 is 0 Å². The van der Waals surface area contributed by atoms with Gasteiger partial charge in [-0.1, -0.05) is 19.8 Å². The van der Waals surface area contributed by atoms with Crippen LogP contribution in [0, 0.1) is 0 Å². The molecule has 1 heterocycles. The Balaban J connectivity index is 2.62. The molecule has 2 amide bonds. The average molecular weight is 277 g/mol. The molecule has 0 saturated carbocycles. The van der Waals surface area contributed by atoms with Crippen molar-refractivity contribution in [1.29, 1.82) is 0 Å². The summed E-state index contributed by atoms with van der Waals surface area (Å²) in [5, 5.41) is 5.59. The number of nitrogens with zero attached hydrogens (tertiary/aromatic N) is 1. The molecule has 5 heteroatoms. The van der Waals surface area contributed by atoms with Gasteiger partial charge in [0.15, 0.2) is 0 Å². The minimum Gasteiger partial charge on any atom is -0.351 e. The minimum absolute atomic E-state index is 0.0574. The van der Waals surface area contributed by atoms with Crippen molar-refractivity contribution in [3.05, 3.63) is 29.6 Å². The molecule has 0 radical (unpaired) electrons. The number of hydrogen-bond acceptors (Lipinski definition) is 3. The Hall–Kier alpha value is -1.91. The highest BCUT2D eigenvalue weighted by molar-refractivity contribution is 5.98. The normalized spacial score (nSPS) is 10.4. The molecule has 5 nitrogen and oxygen atoms in total. The fourth-order valence-electron chi connectivity index (χ4n) is 1.71. The highest BCUT2D eigenvalue weighted by atomic mass is 16.2. The van der Waals surface area contributed by atoms with Gasteiger partial charge in [-0.3, -0.25) is 14.6 Å². The smallest absolute Gasteiger partial charge is 0.269 e. The Kier molecular flexibility index (Phi) is 6.70. The first-order chi connectivity index (χ1) is 9.54. The summed E-state index contributed by atoms with van der Waals surface area (Å²) in [6.07, 6.45) is 4.63. The van der Waals surface area contributed by atoms with Crippen molar-refractivity contribution >= 4 is 11.8 Å². The molecule has 20 heavy (non-hydrogen) atoms. The van der Waals surface area contributed by atoms with Crippen molar-refractivity contribution in [2.24, 2.45) is 0 Å². The number of carbonyl (C=O) groups is 2. The molecule has 110 valence electrons. The second-order valence-corrected chi connectivity index (χ2v) is 5.02. The molecule has 0 bridgehead atoms. The molecular formula is C15H23N3O2. The molecule has 0 atom stereocenters. The van der Waals surface area contributed by atoms with E-state index in [1.54, 1.807) is 6.07 Å². The predicted octanol–water partition coefficient (Wildman–Crippen LogP) is 2.14. The van der Waals surface area contributed by atoms with Crippen LogP contribution < -0.4 is 10.6 Å². The van der Waals surface area contributed by atoms with Gasteiger partial charge in [-0.05, 0) is 32.4 Å². The molecule has 1 aromatic rings. The Morgan fingerprint density at radius 1 is 1.25 bits per heavy atom. The van der Waals surface area contributed by atoms with Crippen LogP contribution in [-0.2, 0) is 0 Å². The van der Waals surface area contributed by atoms with Gasteiger partial charge in [0.05, 0.1) is 0 Å². The van der Waals surface area contributed by atoms with Crippen LogP contribution in [0.4, 0.5) is 0 Å². The summed E-state index contributed by atoms with van der Waals surface area (Å²) in [5.74, 6) is -0.428. The van der Waals surface area contributed by atoms with Crippen LogP contribution in [0.2, 0.25) is 0 Å². The molecule has 0 saturated heterocycles. The fraction of sp³-hybridized carbons (Fsp3) is 0.533. The maximum atomic E-state index is 11.9. The van der Waals surface area contributed by atoms with Crippen LogP contribution in [0.15, 0.2) is 18.3 Å². The van der Waals surface area contributed by atoms with Gasteiger partial charge in [0.25, 0.3) is 11.8 Å². The Bertz CT molecular complexity index is 458. The maximum Gasteiger partial charge on any atom is 0.269 e. The fourth-order valence-corrected chi connectivity index (χ4v) is 1.71.